The number of benzene rings is 2. The van der Waals surface area contributed by atoms with Gasteiger partial charge in [0.05, 0.1) is 18.8 Å². The monoisotopic (exact) mass is 472 g/mol. The standard InChI is InChI=1S/C25H24N2O3.C4H8O/c1-2-30-24-9-4-3-8-22(24)18-10-11-23-20(15-18)16-19(25(28)29)12-14-27(23)17-21-7-5-6-13-26-21;1-2-4-5-3-1/h3-11,13,15-16H,2,12,14,17H2,1H3,(H,28,29);1-4H2. The van der Waals surface area contributed by atoms with Crippen molar-refractivity contribution in [2.45, 2.75) is 32.7 Å². The Kier molecular flexibility index (Phi) is 8.52. The number of nitrogens with zero attached hydrogens (tertiary/aromatic N) is 2. The zero-order valence-corrected chi connectivity index (χ0v) is 20.2. The van der Waals surface area contributed by atoms with E-state index >= 15 is 0 Å². The number of carboxylic acids is 1. The molecule has 2 aliphatic heterocycles. The van der Waals surface area contributed by atoms with Gasteiger partial charge < -0.3 is 19.5 Å². The predicted molar refractivity (Wildman–Crippen MR) is 139 cm³/mol. The second kappa shape index (κ2) is 12.2. The highest BCUT2D eigenvalue weighted by atomic mass is 16.5. The maximum atomic E-state index is 11.8. The first kappa shape index (κ1) is 24.5. The van der Waals surface area contributed by atoms with Crippen molar-refractivity contribution in [3.63, 3.8) is 0 Å². The average molecular weight is 473 g/mol. The number of rotatable bonds is 6. The molecule has 1 fully saturated rings. The normalized spacial score (nSPS) is 14.8. The van der Waals surface area contributed by atoms with E-state index in [1.807, 2.05) is 55.5 Å². The summed E-state index contributed by atoms with van der Waals surface area (Å²) in [6, 6.07) is 20.0. The van der Waals surface area contributed by atoms with Gasteiger partial charge in [0.2, 0.25) is 0 Å². The van der Waals surface area contributed by atoms with Crippen LogP contribution in [0.25, 0.3) is 17.2 Å². The molecule has 35 heavy (non-hydrogen) atoms. The van der Waals surface area contributed by atoms with Crippen LogP contribution in [0.15, 0.2) is 72.4 Å². The Bertz CT molecular complexity index is 1150. The molecule has 0 aliphatic carbocycles. The van der Waals surface area contributed by atoms with Gasteiger partial charge in [0.1, 0.15) is 5.75 Å². The lowest BCUT2D eigenvalue weighted by Crippen LogP contribution is -2.25. The molecule has 6 heteroatoms. The summed E-state index contributed by atoms with van der Waals surface area (Å²) in [5.74, 6) is -0.0536. The molecular formula is C29H32N2O4. The first-order chi connectivity index (χ1) is 17.2. The summed E-state index contributed by atoms with van der Waals surface area (Å²) in [6.45, 7) is 5.80. The summed E-state index contributed by atoms with van der Waals surface area (Å²) in [5, 5.41) is 9.65. The molecule has 0 unspecified atom stereocenters. The zero-order chi connectivity index (χ0) is 24.5. The van der Waals surface area contributed by atoms with Gasteiger partial charge in [-0.1, -0.05) is 30.3 Å². The van der Waals surface area contributed by atoms with E-state index in [4.69, 9.17) is 9.47 Å². The Morgan fingerprint density at radius 2 is 1.89 bits per heavy atom. The fourth-order valence-electron chi connectivity index (χ4n) is 4.28. The Hall–Kier alpha value is -3.64. The molecule has 0 bridgehead atoms. The molecule has 2 aliphatic rings. The summed E-state index contributed by atoms with van der Waals surface area (Å²) in [7, 11) is 0. The Balaban J connectivity index is 0.000000514. The topological polar surface area (TPSA) is 71.9 Å². The minimum absolute atomic E-state index is 0.412. The molecule has 0 spiro atoms. The molecule has 0 saturated carbocycles. The molecule has 1 N–H and O–H groups in total. The first-order valence-corrected chi connectivity index (χ1v) is 12.2. The number of pyridine rings is 1. The van der Waals surface area contributed by atoms with Crippen molar-refractivity contribution in [2.24, 2.45) is 0 Å². The Morgan fingerprint density at radius 1 is 1.09 bits per heavy atom. The van der Waals surface area contributed by atoms with Crippen LogP contribution < -0.4 is 9.64 Å². The molecule has 182 valence electrons. The number of fused-ring (bicyclic) bond motifs is 1. The first-order valence-electron chi connectivity index (χ1n) is 12.2. The number of carboxylic acid groups (broad SMARTS) is 1. The molecule has 6 nitrogen and oxygen atoms in total. The summed E-state index contributed by atoms with van der Waals surface area (Å²) >= 11 is 0. The zero-order valence-electron chi connectivity index (χ0n) is 20.2. The molecule has 2 aromatic carbocycles. The average Bonchev–Trinajstić information content (AvgIpc) is 3.42. The number of aromatic nitrogens is 1. The van der Waals surface area contributed by atoms with Gasteiger partial charge in [-0.05, 0) is 73.7 Å². The highest BCUT2D eigenvalue weighted by Crippen LogP contribution is 2.36. The van der Waals surface area contributed by atoms with E-state index in [0.29, 0.717) is 31.7 Å². The smallest absolute Gasteiger partial charge is 0.331 e. The largest absolute Gasteiger partial charge is 0.493 e. The van der Waals surface area contributed by atoms with Gasteiger partial charge >= 0.3 is 5.97 Å². The van der Waals surface area contributed by atoms with Crippen LogP contribution in [0.1, 0.15) is 37.4 Å². The van der Waals surface area contributed by atoms with E-state index in [9.17, 15) is 9.90 Å². The van der Waals surface area contributed by atoms with Crippen molar-refractivity contribution in [1.82, 2.24) is 4.98 Å². The summed E-state index contributed by atoms with van der Waals surface area (Å²) in [6.07, 6.45) is 6.60. The maximum absolute atomic E-state index is 11.8. The number of anilines is 1. The summed E-state index contributed by atoms with van der Waals surface area (Å²) in [4.78, 5) is 18.4. The highest BCUT2D eigenvalue weighted by molar-refractivity contribution is 5.94. The fraction of sp³-hybridized carbons (Fsp3) is 0.310. The molecule has 0 amide bonds. The van der Waals surface area contributed by atoms with Crippen molar-refractivity contribution in [3.8, 4) is 16.9 Å². The summed E-state index contributed by atoms with van der Waals surface area (Å²) in [5.41, 5.74) is 5.26. The third kappa shape index (κ3) is 6.49. The third-order valence-corrected chi connectivity index (χ3v) is 6.03. The van der Waals surface area contributed by atoms with Crippen molar-refractivity contribution in [2.75, 3.05) is 31.3 Å². The van der Waals surface area contributed by atoms with Crippen LogP contribution >= 0.6 is 0 Å². The number of carbonyl (C=O) groups is 1. The minimum atomic E-state index is -0.874. The van der Waals surface area contributed by atoms with Crippen LogP contribution in [0.4, 0.5) is 5.69 Å². The number of hydrogen-bond donors (Lipinski definition) is 1. The van der Waals surface area contributed by atoms with E-state index in [1.165, 1.54) is 12.8 Å². The van der Waals surface area contributed by atoms with E-state index in [2.05, 4.69) is 22.0 Å². The third-order valence-electron chi connectivity index (χ3n) is 6.03. The number of ether oxygens (including phenoxy) is 2. The van der Waals surface area contributed by atoms with Gasteiger partial charge in [0, 0.05) is 42.8 Å². The van der Waals surface area contributed by atoms with Crippen molar-refractivity contribution in [1.29, 1.82) is 0 Å². The Labute approximate surface area is 206 Å². The van der Waals surface area contributed by atoms with E-state index in [0.717, 1.165) is 47.0 Å². The van der Waals surface area contributed by atoms with Gasteiger partial charge in [-0.2, -0.15) is 0 Å². The van der Waals surface area contributed by atoms with Gasteiger partial charge in [0.15, 0.2) is 0 Å². The van der Waals surface area contributed by atoms with Gasteiger partial charge in [0.25, 0.3) is 0 Å². The molecule has 0 radical (unpaired) electrons. The van der Waals surface area contributed by atoms with Crippen molar-refractivity contribution < 1.29 is 19.4 Å². The maximum Gasteiger partial charge on any atom is 0.331 e. The molecule has 1 aromatic heterocycles. The minimum Gasteiger partial charge on any atom is -0.493 e. The second-order valence-corrected chi connectivity index (χ2v) is 8.49. The van der Waals surface area contributed by atoms with E-state index in [-0.39, 0.29) is 0 Å². The van der Waals surface area contributed by atoms with Crippen molar-refractivity contribution in [3.05, 3.63) is 83.7 Å². The van der Waals surface area contributed by atoms with Crippen LogP contribution in [0, 0.1) is 0 Å². The lowest BCUT2D eigenvalue weighted by Gasteiger charge is -2.25. The van der Waals surface area contributed by atoms with E-state index < -0.39 is 5.97 Å². The lowest BCUT2D eigenvalue weighted by atomic mass is 9.99. The highest BCUT2D eigenvalue weighted by Gasteiger charge is 2.20. The van der Waals surface area contributed by atoms with Crippen LogP contribution in [-0.4, -0.2) is 42.4 Å². The second-order valence-electron chi connectivity index (χ2n) is 8.49. The molecule has 0 atom stereocenters. The predicted octanol–water partition coefficient (Wildman–Crippen LogP) is 5.82. The Morgan fingerprint density at radius 3 is 2.57 bits per heavy atom. The molecule has 3 heterocycles. The molecular weight excluding hydrogens is 440 g/mol. The van der Waals surface area contributed by atoms with Crippen LogP contribution in [0.5, 0.6) is 5.75 Å². The van der Waals surface area contributed by atoms with Gasteiger partial charge in [-0.3, -0.25) is 4.98 Å². The fourth-order valence-corrected chi connectivity index (χ4v) is 4.28. The van der Waals surface area contributed by atoms with E-state index in [1.54, 1.807) is 12.3 Å². The van der Waals surface area contributed by atoms with Crippen LogP contribution in [-0.2, 0) is 16.1 Å². The molecule has 5 rings (SSSR count). The van der Waals surface area contributed by atoms with Crippen LogP contribution in [0.3, 0.4) is 0 Å². The van der Waals surface area contributed by atoms with Crippen molar-refractivity contribution >= 4 is 17.7 Å². The van der Waals surface area contributed by atoms with Crippen LogP contribution in [0.2, 0.25) is 0 Å². The van der Waals surface area contributed by atoms with Gasteiger partial charge in [-0.25, -0.2) is 4.79 Å². The molecule has 1 saturated heterocycles. The lowest BCUT2D eigenvalue weighted by molar-refractivity contribution is -0.132. The SMILES string of the molecule is C1CCOC1.CCOc1ccccc1-c1ccc2c(c1)C=C(C(=O)O)CCN2Cc1ccccn1. The number of aliphatic carboxylic acids is 1. The van der Waals surface area contributed by atoms with Gasteiger partial charge in [-0.15, -0.1) is 0 Å². The number of hydrogen-bond acceptors (Lipinski definition) is 5. The molecule has 3 aromatic rings. The number of para-hydroxylation sites is 1. The summed E-state index contributed by atoms with van der Waals surface area (Å²) < 4.78 is 10.7. The quantitative estimate of drug-likeness (QED) is 0.487.